The van der Waals surface area contributed by atoms with Gasteiger partial charge < -0.3 is 33.2 Å². The van der Waals surface area contributed by atoms with Gasteiger partial charge in [0.1, 0.15) is 6.61 Å². The predicted molar refractivity (Wildman–Crippen MR) is 156 cm³/mol. The Morgan fingerprint density at radius 1 is 0.436 bits per heavy atom. The minimum Gasteiger partial charge on any atom is -0.460 e. The lowest BCUT2D eigenvalue weighted by atomic mass is 10.0. The largest absolute Gasteiger partial charge is 0.460 e. The van der Waals surface area contributed by atoms with Crippen LogP contribution in [0.2, 0.25) is 0 Å². The summed E-state index contributed by atoms with van der Waals surface area (Å²) in [6, 6.07) is 0. The van der Waals surface area contributed by atoms with Crippen LogP contribution in [-0.4, -0.2) is 91.9 Å². The van der Waals surface area contributed by atoms with Crippen LogP contribution in [0.4, 0.5) is 0 Å². The molecule has 0 aliphatic heterocycles. The predicted octanol–water partition coefficient (Wildman–Crippen LogP) is 6.30. The van der Waals surface area contributed by atoms with Crippen LogP contribution in [0.1, 0.15) is 97.3 Å². The smallest absolute Gasteiger partial charge is 0.333 e. The molecule has 0 atom stereocenters. The van der Waals surface area contributed by atoms with Crippen molar-refractivity contribution in [2.24, 2.45) is 0 Å². The fourth-order valence-corrected chi connectivity index (χ4v) is 3.74. The Kier molecular flexibility index (Phi) is 32.3. The third-order valence-electron chi connectivity index (χ3n) is 6.06. The summed E-state index contributed by atoms with van der Waals surface area (Å²) in [5.74, 6) is -0.399. The highest BCUT2D eigenvalue weighted by molar-refractivity contribution is 5.86. The topological polar surface area (TPSA) is 81.7 Å². The van der Waals surface area contributed by atoms with Gasteiger partial charge in [-0.05, 0) is 13.3 Å². The van der Waals surface area contributed by atoms with Crippen molar-refractivity contribution in [2.75, 3.05) is 85.9 Å². The average Bonchev–Trinajstić information content (AvgIpc) is 2.93. The van der Waals surface area contributed by atoms with Crippen LogP contribution in [0, 0.1) is 0 Å². The normalized spacial score (nSPS) is 11.2. The zero-order valence-corrected chi connectivity index (χ0v) is 25.4. The lowest BCUT2D eigenvalue weighted by molar-refractivity contribution is -0.140. The van der Waals surface area contributed by atoms with Crippen molar-refractivity contribution in [1.29, 1.82) is 0 Å². The molecular weight excluding hydrogens is 500 g/mol. The van der Waals surface area contributed by atoms with E-state index in [4.69, 9.17) is 33.2 Å². The van der Waals surface area contributed by atoms with Gasteiger partial charge in [0.05, 0.1) is 72.7 Å². The Hall–Kier alpha value is -1.03. The Morgan fingerprint density at radius 3 is 1.05 bits per heavy atom. The second-order valence-corrected chi connectivity index (χ2v) is 9.83. The Morgan fingerprint density at radius 2 is 0.718 bits per heavy atom. The van der Waals surface area contributed by atoms with Gasteiger partial charge in [0.2, 0.25) is 0 Å². The quantitative estimate of drug-likeness (QED) is 0.0526. The van der Waals surface area contributed by atoms with E-state index in [1.807, 2.05) is 0 Å². The summed E-state index contributed by atoms with van der Waals surface area (Å²) in [6.07, 6.45) is 17.8. The SMILES string of the molecule is C=C(C)C(=O)OCCOCCOCCOCCOCCOCCOCCCCCCCCCCCCCCC. The molecule has 232 valence electrons. The molecule has 8 heteroatoms. The molecule has 39 heavy (non-hydrogen) atoms. The molecule has 0 aromatic carbocycles. The molecule has 0 N–H and O–H groups in total. The van der Waals surface area contributed by atoms with E-state index in [0.717, 1.165) is 13.0 Å². The van der Waals surface area contributed by atoms with E-state index < -0.39 is 5.97 Å². The van der Waals surface area contributed by atoms with Gasteiger partial charge in [-0.15, -0.1) is 0 Å². The maximum Gasteiger partial charge on any atom is 0.333 e. The van der Waals surface area contributed by atoms with E-state index in [1.54, 1.807) is 6.92 Å². The first-order valence-corrected chi connectivity index (χ1v) is 15.5. The lowest BCUT2D eigenvalue weighted by Crippen LogP contribution is -2.15. The van der Waals surface area contributed by atoms with Crippen LogP contribution in [0.25, 0.3) is 0 Å². The maximum atomic E-state index is 11.2. The van der Waals surface area contributed by atoms with E-state index in [2.05, 4.69) is 13.5 Å². The van der Waals surface area contributed by atoms with Crippen LogP contribution in [-0.2, 0) is 38.0 Å². The summed E-state index contributed by atoms with van der Waals surface area (Å²) >= 11 is 0. The van der Waals surface area contributed by atoms with Crippen molar-refractivity contribution in [3.05, 3.63) is 12.2 Å². The molecule has 0 radical (unpaired) electrons. The van der Waals surface area contributed by atoms with Crippen molar-refractivity contribution < 1.29 is 38.0 Å². The summed E-state index contributed by atoms with van der Waals surface area (Å²) in [4.78, 5) is 11.2. The molecule has 0 rings (SSSR count). The van der Waals surface area contributed by atoms with Crippen LogP contribution >= 0.6 is 0 Å². The molecule has 0 aliphatic rings. The summed E-state index contributed by atoms with van der Waals surface area (Å²) in [5, 5.41) is 0. The molecule has 0 fully saturated rings. The highest BCUT2D eigenvalue weighted by atomic mass is 16.6. The maximum absolute atomic E-state index is 11.2. The molecule has 0 spiro atoms. The Balaban J connectivity index is 3.06. The molecule has 0 bridgehead atoms. The highest BCUT2D eigenvalue weighted by Gasteiger charge is 2.02. The van der Waals surface area contributed by atoms with Crippen molar-refractivity contribution >= 4 is 5.97 Å². The van der Waals surface area contributed by atoms with Crippen molar-refractivity contribution in [3.63, 3.8) is 0 Å². The number of esters is 1. The van der Waals surface area contributed by atoms with E-state index in [-0.39, 0.29) is 6.61 Å². The van der Waals surface area contributed by atoms with Gasteiger partial charge in [-0.3, -0.25) is 0 Å². The molecule has 8 nitrogen and oxygen atoms in total. The molecular formula is C31H60O8. The molecule has 0 unspecified atom stereocenters. The third-order valence-corrected chi connectivity index (χ3v) is 6.06. The van der Waals surface area contributed by atoms with Gasteiger partial charge in [0, 0.05) is 12.2 Å². The first-order valence-electron chi connectivity index (χ1n) is 15.5. The van der Waals surface area contributed by atoms with E-state index >= 15 is 0 Å². The number of carbonyl (C=O) groups excluding carboxylic acids is 1. The fraction of sp³-hybridized carbons (Fsp3) is 0.903. The summed E-state index contributed by atoms with van der Waals surface area (Å²) in [5.41, 5.74) is 0.382. The third kappa shape index (κ3) is 33.1. The van der Waals surface area contributed by atoms with Gasteiger partial charge in [0.15, 0.2) is 0 Å². The fourth-order valence-electron chi connectivity index (χ4n) is 3.74. The summed E-state index contributed by atoms with van der Waals surface area (Å²) < 4.78 is 37.8. The zero-order chi connectivity index (χ0) is 28.5. The molecule has 0 aliphatic carbocycles. The van der Waals surface area contributed by atoms with Crippen LogP contribution in [0.5, 0.6) is 0 Å². The molecule has 0 aromatic rings. The average molecular weight is 561 g/mol. The molecule has 0 amide bonds. The summed E-state index contributed by atoms with van der Waals surface area (Å²) in [7, 11) is 0. The molecule has 0 aromatic heterocycles. The monoisotopic (exact) mass is 560 g/mol. The van der Waals surface area contributed by atoms with E-state index in [9.17, 15) is 4.79 Å². The lowest BCUT2D eigenvalue weighted by Gasteiger charge is -2.08. The van der Waals surface area contributed by atoms with Gasteiger partial charge in [-0.25, -0.2) is 4.79 Å². The minimum atomic E-state index is -0.399. The van der Waals surface area contributed by atoms with Gasteiger partial charge in [-0.1, -0.05) is 90.6 Å². The van der Waals surface area contributed by atoms with Gasteiger partial charge >= 0.3 is 5.97 Å². The second kappa shape index (κ2) is 33.2. The van der Waals surface area contributed by atoms with Crippen LogP contribution in [0.3, 0.4) is 0 Å². The number of unbranched alkanes of at least 4 members (excludes halogenated alkanes) is 12. The molecule has 0 saturated heterocycles. The van der Waals surface area contributed by atoms with E-state index in [1.165, 1.54) is 77.0 Å². The zero-order valence-electron chi connectivity index (χ0n) is 25.4. The van der Waals surface area contributed by atoms with Gasteiger partial charge in [-0.2, -0.15) is 0 Å². The number of hydrogen-bond acceptors (Lipinski definition) is 8. The van der Waals surface area contributed by atoms with Crippen LogP contribution in [0.15, 0.2) is 12.2 Å². The second-order valence-electron chi connectivity index (χ2n) is 9.83. The number of ether oxygens (including phenoxy) is 7. The van der Waals surface area contributed by atoms with Crippen molar-refractivity contribution in [1.82, 2.24) is 0 Å². The highest BCUT2D eigenvalue weighted by Crippen LogP contribution is 2.12. The van der Waals surface area contributed by atoms with Gasteiger partial charge in [0.25, 0.3) is 0 Å². The molecule has 0 heterocycles. The summed E-state index contributed by atoms with van der Waals surface area (Å²) in [6.45, 7) is 14.1. The first-order chi connectivity index (χ1) is 19.2. The minimum absolute atomic E-state index is 0.215. The number of carbonyl (C=O) groups is 1. The first kappa shape index (κ1) is 38.0. The number of rotatable bonds is 33. The Labute approximate surface area is 239 Å². The van der Waals surface area contributed by atoms with E-state index in [0.29, 0.717) is 78.2 Å². The molecule has 0 saturated carbocycles. The number of hydrogen-bond donors (Lipinski definition) is 0. The standard InChI is InChI=1S/C31H60O8/c1-4-5-6-7-8-9-10-11-12-13-14-15-16-17-33-18-19-34-20-21-35-22-23-36-24-25-37-26-27-38-28-29-39-31(32)30(2)3/h2,4-29H2,1,3H3. The van der Waals surface area contributed by atoms with Crippen molar-refractivity contribution in [3.8, 4) is 0 Å². The Bertz CT molecular complexity index is 515. The van der Waals surface area contributed by atoms with Crippen LogP contribution < -0.4 is 0 Å². The van der Waals surface area contributed by atoms with Crippen molar-refractivity contribution in [2.45, 2.75) is 97.3 Å².